The van der Waals surface area contributed by atoms with E-state index in [4.69, 9.17) is 0 Å². The highest BCUT2D eigenvalue weighted by atomic mass is 16.1. The molecule has 3 heteroatoms. The van der Waals surface area contributed by atoms with Gasteiger partial charge in [0.2, 0.25) is 0 Å². The number of hydrogen-bond donors (Lipinski definition) is 0. The number of allylic oxidation sites excluding steroid dienone is 2. The second-order valence-corrected chi connectivity index (χ2v) is 2.00. The Morgan fingerprint density at radius 1 is 1.40 bits per heavy atom. The molecular weight excluding hydrogens is 128 g/mol. The van der Waals surface area contributed by atoms with Gasteiger partial charge in [-0.25, -0.2) is 4.99 Å². The fourth-order valence-electron chi connectivity index (χ4n) is 0.905. The lowest BCUT2D eigenvalue weighted by molar-refractivity contribution is -0.111. The third-order valence-corrected chi connectivity index (χ3v) is 1.38. The third-order valence-electron chi connectivity index (χ3n) is 1.38. The largest absolute Gasteiger partial charge is 0.296 e. The fraction of sp³-hybridized carbons (Fsp3) is 0. The van der Waals surface area contributed by atoms with Crippen molar-refractivity contribution in [1.82, 2.24) is 0 Å². The number of carbonyl (C=O) groups is 1. The third kappa shape index (κ3) is 0.572. The summed E-state index contributed by atoms with van der Waals surface area (Å²) in [4.78, 5) is 18.3. The molecule has 0 bridgehead atoms. The first-order valence-corrected chi connectivity index (χ1v) is 2.91. The Morgan fingerprint density at radius 3 is 3.10 bits per heavy atom. The average molecular weight is 132 g/mol. The Bertz CT molecular complexity index is 302. The number of fused-ring (bicyclic) bond motifs is 1. The SMILES string of the molecule is O=C1N=CC=C2C=CN=C12. The van der Waals surface area contributed by atoms with Crippen LogP contribution in [0.15, 0.2) is 33.9 Å². The van der Waals surface area contributed by atoms with Crippen molar-refractivity contribution in [2.75, 3.05) is 0 Å². The van der Waals surface area contributed by atoms with E-state index in [1.807, 2.05) is 0 Å². The molecule has 2 aliphatic rings. The van der Waals surface area contributed by atoms with Crippen LogP contribution < -0.4 is 0 Å². The van der Waals surface area contributed by atoms with E-state index < -0.39 is 0 Å². The molecule has 2 rings (SSSR count). The molecule has 3 nitrogen and oxygen atoms in total. The Kier molecular flexibility index (Phi) is 0.917. The van der Waals surface area contributed by atoms with Gasteiger partial charge in [-0.15, -0.1) is 0 Å². The van der Waals surface area contributed by atoms with Crippen LogP contribution in [0.4, 0.5) is 0 Å². The Hall–Kier alpha value is -1.51. The summed E-state index contributed by atoms with van der Waals surface area (Å²) in [7, 11) is 0. The predicted molar refractivity (Wildman–Crippen MR) is 38.2 cm³/mol. The van der Waals surface area contributed by atoms with E-state index in [-0.39, 0.29) is 5.91 Å². The van der Waals surface area contributed by atoms with Crippen LogP contribution in [-0.4, -0.2) is 17.8 Å². The Balaban J connectivity index is 2.54. The zero-order valence-electron chi connectivity index (χ0n) is 5.11. The lowest BCUT2D eigenvalue weighted by atomic mass is 10.1. The van der Waals surface area contributed by atoms with Crippen molar-refractivity contribution in [1.29, 1.82) is 0 Å². The number of dihydropyridines is 1. The minimum Gasteiger partial charge on any atom is -0.265 e. The molecule has 0 aromatic heterocycles. The maximum atomic E-state index is 10.9. The second-order valence-electron chi connectivity index (χ2n) is 2.00. The van der Waals surface area contributed by atoms with Gasteiger partial charge in [-0.1, -0.05) is 0 Å². The van der Waals surface area contributed by atoms with Gasteiger partial charge in [-0.05, 0) is 12.2 Å². The van der Waals surface area contributed by atoms with E-state index in [0.29, 0.717) is 5.71 Å². The summed E-state index contributed by atoms with van der Waals surface area (Å²) in [5, 5.41) is 0. The van der Waals surface area contributed by atoms with Crippen LogP contribution in [0.1, 0.15) is 0 Å². The van der Waals surface area contributed by atoms with E-state index in [1.165, 1.54) is 6.21 Å². The molecule has 0 radical (unpaired) electrons. The van der Waals surface area contributed by atoms with Gasteiger partial charge in [0, 0.05) is 18.0 Å². The van der Waals surface area contributed by atoms with Gasteiger partial charge in [-0.3, -0.25) is 9.79 Å². The molecule has 10 heavy (non-hydrogen) atoms. The molecule has 48 valence electrons. The molecule has 2 aliphatic heterocycles. The summed E-state index contributed by atoms with van der Waals surface area (Å²) >= 11 is 0. The van der Waals surface area contributed by atoms with Crippen molar-refractivity contribution in [2.45, 2.75) is 0 Å². The van der Waals surface area contributed by atoms with E-state index in [9.17, 15) is 4.79 Å². The average Bonchev–Trinajstić information content (AvgIpc) is 2.36. The van der Waals surface area contributed by atoms with E-state index in [0.717, 1.165) is 5.57 Å². The van der Waals surface area contributed by atoms with Crippen LogP contribution in [0.5, 0.6) is 0 Å². The highest BCUT2D eigenvalue weighted by Gasteiger charge is 2.18. The van der Waals surface area contributed by atoms with Gasteiger partial charge in [0.05, 0.1) is 0 Å². The summed E-state index contributed by atoms with van der Waals surface area (Å²) in [5.74, 6) is -0.248. The molecule has 0 spiro atoms. The van der Waals surface area contributed by atoms with Gasteiger partial charge in [0.25, 0.3) is 5.91 Å². The van der Waals surface area contributed by atoms with E-state index in [1.54, 1.807) is 18.4 Å². The molecule has 0 aromatic carbocycles. The van der Waals surface area contributed by atoms with Gasteiger partial charge in [0.15, 0.2) is 0 Å². The lowest BCUT2D eigenvalue weighted by Crippen LogP contribution is -2.14. The zero-order chi connectivity index (χ0) is 6.97. The van der Waals surface area contributed by atoms with Gasteiger partial charge in [0.1, 0.15) is 5.71 Å². The summed E-state index contributed by atoms with van der Waals surface area (Å²) < 4.78 is 0. The van der Waals surface area contributed by atoms with Crippen molar-refractivity contribution in [3.05, 3.63) is 23.9 Å². The first-order valence-electron chi connectivity index (χ1n) is 2.91. The van der Waals surface area contributed by atoms with Crippen molar-refractivity contribution in [3.63, 3.8) is 0 Å². The molecule has 0 saturated carbocycles. The predicted octanol–water partition coefficient (Wildman–Crippen LogP) is 0.492. The van der Waals surface area contributed by atoms with Crippen LogP contribution in [0.3, 0.4) is 0 Å². The monoisotopic (exact) mass is 132 g/mol. The molecule has 0 atom stereocenters. The topological polar surface area (TPSA) is 41.8 Å². The van der Waals surface area contributed by atoms with Crippen molar-refractivity contribution < 1.29 is 4.79 Å². The van der Waals surface area contributed by atoms with Gasteiger partial charge < -0.3 is 0 Å². The normalized spacial score (nSPS) is 20.6. The van der Waals surface area contributed by atoms with E-state index in [2.05, 4.69) is 9.98 Å². The molecule has 1 amide bonds. The van der Waals surface area contributed by atoms with Gasteiger partial charge >= 0.3 is 0 Å². The van der Waals surface area contributed by atoms with Crippen molar-refractivity contribution >= 4 is 17.8 Å². The summed E-state index contributed by atoms with van der Waals surface area (Å²) in [6.07, 6.45) is 6.65. The Morgan fingerprint density at radius 2 is 2.30 bits per heavy atom. The van der Waals surface area contributed by atoms with Gasteiger partial charge in [-0.2, -0.15) is 0 Å². The summed E-state index contributed by atoms with van der Waals surface area (Å²) in [5.41, 5.74) is 1.32. The number of carbonyl (C=O) groups excluding carboxylic acids is 1. The number of aliphatic imine (C=N–C) groups is 2. The molecule has 0 unspecified atom stereocenters. The zero-order valence-corrected chi connectivity index (χ0v) is 5.11. The number of rotatable bonds is 0. The van der Waals surface area contributed by atoms with Crippen molar-refractivity contribution in [3.8, 4) is 0 Å². The highest BCUT2D eigenvalue weighted by molar-refractivity contribution is 6.49. The quantitative estimate of drug-likeness (QED) is 0.473. The van der Waals surface area contributed by atoms with Crippen molar-refractivity contribution in [2.24, 2.45) is 9.98 Å². The summed E-state index contributed by atoms with van der Waals surface area (Å²) in [6.45, 7) is 0. The minimum absolute atomic E-state index is 0.248. The maximum Gasteiger partial charge on any atom is 0.296 e. The second kappa shape index (κ2) is 1.73. The molecule has 0 aliphatic carbocycles. The molecule has 0 saturated heterocycles. The maximum absolute atomic E-state index is 10.9. The Labute approximate surface area is 57.5 Å². The molecule has 0 N–H and O–H groups in total. The highest BCUT2D eigenvalue weighted by Crippen LogP contribution is 2.11. The molecule has 2 heterocycles. The molecule has 0 aromatic rings. The van der Waals surface area contributed by atoms with Crippen LogP contribution in [0, 0.1) is 0 Å². The number of amides is 1. The van der Waals surface area contributed by atoms with Crippen LogP contribution >= 0.6 is 0 Å². The first-order chi connectivity index (χ1) is 4.88. The standard InChI is InChI=1S/C7H4N2O/c10-7-6-5(1-3-8-6)2-4-9-7/h1-4H. The van der Waals surface area contributed by atoms with E-state index >= 15 is 0 Å². The lowest BCUT2D eigenvalue weighted by Gasteiger charge is -1.99. The molecular formula is C7H4N2O. The molecule has 0 fully saturated rings. The fourth-order valence-corrected chi connectivity index (χ4v) is 0.905. The van der Waals surface area contributed by atoms with Crippen LogP contribution in [-0.2, 0) is 4.79 Å². The summed E-state index contributed by atoms with van der Waals surface area (Å²) in [6, 6.07) is 0. The minimum atomic E-state index is -0.248. The van der Waals surface area contributed by atoms with Crippen LogP contribution in [0.25, 0.3) is 0 Å². The van der Waals surface area contributed by atoms with Crippen LogP contribution in [0.2, 0.25) is 0 Å². The number of hydrogen-bond acceptors (Lipinski definition) is 2. The first kappa shape index (κ1) is 5.29. The smallest absolute Gasteiger partial charge is 0.265 e. The number of nitrogens with zero attached hydrogens (tertiary/aromatic N) is 2.